The van der Waals surface area contributed by atoms with Crippen LogP contribution in [0.25, 0.3) is 0 Å². The monoisotopic (exact) mass is 243 g/mol. The van der Waals surface area contributed by atoms with Crippen molar-refractivity contribution in [3.63, 3.8) is 0 Å². The zero-order chi connectivity index (χ0) is 12.2. The normalized spacial score (nSPS) is 11.8. The molecular weight excluding hydrogens is 225 g/mol. The highest BCUT2D eigenvalue weighted by molar-refractivity contribution is 6.30. The van der Waals surface area contributed by atoms with Crippen molar-refractivity contribution < 1.29 is 4.39 Å². The van der Waals surface area contributed by atoms with Gasteiger partial charge in [0, 0.05) is 5.54 Å². The molecule has 0 saturated carbocycles. The number of benzene rings is 1. The topological polar surface area (TPSA) is 12.0 Å². The molecule has 0 aliphatic rings. The zero-order valence-corrected chi connectivity index (χ0v) is 10.9. The summed E-state index contributed by atoms with van der Waals surface area (Å²) in [5.41, 5.74) is 0.950. The van der Waals surface area contributed by atoms with E-state index in [1.165, 1.54) is 6.07 Å². The summed E-state index contributed by atoms with van der Waals surface area (Å²) in [6, 6.07) is 5.00. The van der Waals surface area contributed by atoms with Crippen LogP contribution in [0.2, 0.25) is 5.02 Å². The molecule has 0 unspecified atom stereocenters. The van der Waals surface area contributed by atoms with Gasteiger partial charge in [0.25, 0.3) is 0 Å². The minimum atomic E-state index is -0.342. The van der Waals surface area contributed by atoms with Crippen LogP contribution in [0.15, 0.2) is 18.2 Å². The van der Waals surface area contributed by atoms with E-state index in [1.807, 2.05) is 6.07 Å². The molecule has 0 heterocycles. The van der Waals surface area contributed by atoms with Crippen molar-refractivity contribution in [1.29, 1.82) is 0 Å². The van der Waals surface area contributed by atoms with Gasteiger partial charge in [-0.05, 0) is 50.9 Å². The van der Waals surface area contributed by atoms with E-state index >= 15 is 0 Å². The van der Waals surface area contributed by atoms with Crippen LogP contribution in [0.4, 0.5) is 4.39 Å². The van der Waals surface area contributed by atoms with Gasteiger partial charge in [-0.15, -0.1) is 0 Å². The van der Waals surface area contributed by atoms with Crippen LogP contribution >= 0.6 is 11.6 Å². The molecule has 1 nitrogen and oxygen atoms in total. The third kappa shape index (κ3) is 4.11. The van der Waals surface area contributed by atoms with E-state index in [-0.39, 0.29) is 16.4 Å². The van der Waals surface area contributed by atoms with Gasteiger partial charge in [-0.1, -0.05) is 24.6 Å². The lowest BCUT2D eigenvalue weighted by Crippen LogP contribution is -2.41. The summed E-state index contributed by atoms with van der Waals surface area (Å²) in [6.45, 7) is 7.35. The van der Waals surface area contributed by atoms with Crippen molar-refractivity contribution in [2.75, 3.05) is 6.54 Å². The highest BCUT2D eigenvalue weighted by Crippen LogP contribution is 2.19. The van der Waals surface area contributed by atoms with Gasteiger partial charge in [0.1, 0.15) is 5.82 Å². The Kier molecular flexibility index (Phi) is 4.75. The Hall–Kier alpha value is -0.600. The summed E-state index contributed by atoms with van der Waals surface area (Å²) in [5, 5.41) is 3.62. The fourth-order valence-corrected chi connectivity index (χ4v) is 1.80. The lowest BCUT2D eigenvalue weighted by Gasteiger charge is -2.26. The smallest absolute Gasteiger partial charge is 0.142 e. The summed E-state index contributed by atoms with van der Waals surface area (Å²) in [7, 11) is 0. The van der Waals surface area contributed by atoms with Crippen LogP contribution in [-0.2, 0) is 6.42 Å². The average Bonchev–Trinajstić information content (AvgIpc) is 2.20. The van der Waals surface area contributed by atoms with Crippen LogP contribution in [0, 0.1) is 5.82 Å². The van der Waals surface area contributed by atoms with Gasteiger partial charge in [-0.3, -0.25) is 0 Å². The van der Waals surface area contributed by atoms with Gasteiger partial charge in [0.2, 0.25) is 0 Å². The van der Waals surface area contributed by atoms with Gasteiger partial charge in [-0.2, -0.15) is 0 Å². The largest absolute Gasteiger partial charge is 0.311 e. The average molecular weight is 244 g/mol. The van der Waals surface area contributed by atoms with Gasteiger partial charge in [0.15, 0.2) is 0 Å². The van der Waals surface area contributed by atoms with Gasteiger partial charge >= 0.3 is 0 Å². The zero-order valence-electron chi connectivity index (χ0n) is 10.1. The summed E-state index contributed by atoms with van der Waals surface area (Å²) in [5.74, 6) is -0.342. The van der Waals surface area contributed by atoms with E-state index < -0.39 is 0 Å². The highest BCUT2D eigenvalue weighted by atomic mass is 35.5. The quantitative estimate of drug-likeness (QED) is 0.830. The van der Waals surface area contributed by atoms with Crippen LogP contribution < -0.4 is 5.32 Å². The van der Waals surface area contributed by atoms with Crippen LogP contribution in [0.3, 0.4) is 0 Å². The van der Waals surface area contributed by atoms with Gasteiger partial charge in [-0.25, -0.2) is 4.39 Å². The molecule has 90 valence electrons. The molecule has 0 bridgehead atoms. The fraction of sp³-hybridized carbons (Fsp3) is 0.538. The first-order valence-electron chi connectivity index (χ1n) is 5.63. The molecule has 0 aromatic heterocycles. The molecule has 1 rings (SSSR count). The molecule has 0 fully saturated rings. The molecule has 1 N–H and O–H groups in total. The van der Waals surface area contributed by atoms with Crippen molar-refractivity contribution in [3.8, 4) is 0 Å². The molecule has 0 spiro atoms. The third-order valence-corrected chi connectivity index (χ3v) is 2.79. The van der Waals surface area contributed by atoms with E-state index in [0.29, 0.717) is 0 Å². The van der Waals surface area contributed by atoms with E-state index in [2.05, 4.69) is 26.1 Å². The first-order chi connectivity index (χ1) is 7.44. The summed E-state index contributed by atoms with van der Waals surface area (Å²) < 4.78 is 13.3. The van der Waals surface area contributed by atoms with E-state index in [0.717, 1.165) is 24.9 Å². The van der Waals surface area contributed by atoms with Crippen LogP contribution in [-0.4, -0.2) is 12.1 Å². The predicted octanol–water partition coefficient (Wildman–Crippen LogP) is 3.80. The number of halogens is 2. The number of nitrogens with one attached hydrogen (secondary N) is 1. The van der Waals surface area contributed by atoms with Crippen LogP contribution in [0.5, 0.6) is 0 Å². The second kappa shape index (κ2) is 5.65. The standard InChI is InChI=1S/C13H19ClFN/c1-4-7-16-13(2,3)9-10-5-6-11(14)12(15)8-10/h5-6,8,16H,4,7,9H2,1-3H3. The Morgan fingerprint density at radius 2 is 2.06 bits per heavy atom. The van der Waals surface area contributed by atoms with E-state index in [1.54, 1.807) is 6.07 Å². The first-order valence-corrected chi connectivity index (χ1v) is 6.01. The molecule has 0 radical (unpaired) electrons. The second-order valence-corrected chi connectivity index (χ2v) is 5.14. The third-order valence-electron chi connectivity index (χ3n) is 2.48. The van der Waals surface area contributed by atoms with E-state index in [9.17, 15) is 4.39 Å². The maximum atomic E-state index is 13.3. The molecule has 0 amide bonds. The first kappa shape index (κ1) is 13.5. The Labute approximate surface area is 102 Å². The molecule has 0 aliphatic carbocycles. The molecule has 3 heteroatoms. The minimum absolute atomic E-state index is 0.0176. The summed E-state index contributed by atoms with van der Waals surface area (Å²) >= 11 is 5.64. The Bertz CT molecular complexity index is 350. The van der Waals surface area contributed by atoms with Crippen molar-refractivity contribution in [2.45, 2.75) is 39.2 Å². The molecular formula is C13H19ClFN. The molecule has 16 heavy (non-hydrogen) atoms. The molecule has 0 saturated heterocycles. The fourth-order valence-electron chi connectivity index (χ4n) is 1.69. The Morgan fingerprint density at radius 1 is 1.38 bits per heavy atom. The van der Waals surface area contributed by atoms with Gasteiger partial charge in [0.05, 0.1) is 5.02 Å². The summed E-state index contributed by atoms with van der Waals surface area (Å²) in [6.07, 6.45) is 1.89. The second-order valence-electron chi connectivity index (χ2n) is 4.74. The maximum absolute atomic E-state index is 13.3. The number of hydrogen-bond acceptors (Lipinski definition) is 1. The highest BCUT2D eigenvalue weighted by Gasteiger charge is 2.17. The molecule has 1 aromatic rings. The Balaban J connectivity index is 2.68. The number of rotatable bonds is 5. The maximum Gasteiger partial charge on any atom is 0.142 e. The van der Waals surface area contributed by atoms with E-state index in [4.69, 9.17) is 11.6 Å². The lowest BCUT2D eigenvalue weighted by molar-refractivity contribution is 0.386. The molecule has 0 aliphatic heterocycles. The Morgan fingerprint density at radius 3 is 2.62 bits per heavy atom. The van der Waals surface area contributed by atoms with Gasteiger partial charge < -0.3 is 5.32 Å². The SMILES string of the molecule is CCCNC(C)(C)Cc1ccc(Cl)c(F)c1. The number of hydrogen-bond donors (Lipinski definition) is 1. The lowest BCUT2D eigenvalue weighted by atomic mass is 9.95. The van der Waals surface area contributed by atoms with Crippen molar-refractivity contribution >= 4 is 11.6 Å². The van der Waals surface area contributed by atoms with Crippen molar-refractivity contribution in [2.24, 2.45) is 0 Å². The minimum Gasteiger partial charge on any atom is -0.311 e. The van der Waals surface area contributed by atoms with Crippen molar-refractivity contribution in [1.82, 2.24) is 5.32 Å². The predicted molar refractivity (Wildman–Crippen MR) is 67.5 cm³/mol. The molecule has 1 aromatic carbocycles. The molecule has 0 atom stereocenters. The summed E-state index contributed by atoms with van der Waals surface area (Å²) in [4.78, 5) is 0. The van der Waals surface area contributed by atoms with Crippen LogP contribution in [0.1, 0.15) is 32.8 Å². The van der Waals surface area contributed by atoms with Crippen molar-refractivity contribution in [3.05, 3.63) is 34.6 Å².